The predicted molar refractivity (Wildman–Crippen MR) is 107 cm³/mol. The van der Waals surface area contributed by atoms with Crippen LogP contribution in [0, 0.1) is 13.8 Å². The quantitative estimate of drug-likeness (QED) is 0.714. The number of carbonyl (C=O) groups excluding carboxylic acids is 2. The molecule has 1 amide bonds. The number of rotatable bonds is 7. The highest BCUT2D eigenvalue weighted by Crippen LogP contribution is 2.34. The lowest BCUT2D eigenvalue weighted by Crippen LogP contribution is -2.32. The van der Waals surface area contributed by atoms with Crippen LogP contribution in [0.3, 0.4) is 0 Å². The van der Waals surface area contributed by atoms with Gasteiger partial charge in [-0.2, -0.15) is 0 Å². The summed E-state index contributed by atoms with van der Waals surface area (Å²) in [5.41, 5.74) is 2.30. The Morgan fingerprint density at radius 3 is 2.71 bits per heavy atom. The summed E-state index contributed by atoms with van der Waals surface area (Å²) in [5, 5.41) is 3.41. The molecule has 0 saturated carbocycles. The average Bonchev–Trinajstić information content (AvgIpc) is 3.24. The van der Waals surface area contributed by atoms with Crippen molar-refractivity contribution in [1.82, 2.24) is 4.90 Å². The van der Waals surface area contributed by atoms with E-state index in [0.717, 1.165) is 27.5 Å². The molecule has 0 fully saturated rings. The van der Waals surface area contributed by atoms with Crippen LogP contribution >= 0.6 is 11.3 Å². The van der Waals surface area contributed by atoms with E-state index in [1.165, 1.54) is 18.4 Å². The van der Waals surface area contributed by atoms with E-state index in [4.69, 9.17) is 14.2 Å². The van der Waals surface area contributed by atoms with Gasteiger partial charge in [0.25, 0.3) is 0 Å². The van der Waals surface area contributed by atoms with Crippen molar-refractivity contribution >= 4 is 28.2 Å². The molecule has 1 aliphatic heterocycles. The maximum Gasteiger partial charge on any atom is 0.341 e. The number of methoxy groups -OCH3 is 1. The van der Waals surface area contributed by atoms with E-state index < -0.39 is 5.97 Å². The minimum Gasteiger partial charge on any atom is -0.465 e. The second-order valence-corrected chi connectivity index (χ2v) is 7.74. The van der Waals surface area contributed by atoms with E-state index in [9.17, 15) is 9.59 Å². The molecule has 7 nitrogen and oxygen atoms in total. The second-order valence-electron chi connectivity index (χ2n) is 6.52. The molecule has 3 rings (SSSR count). The summed E-state index contributed by atoms with van der Waals surface area (Å²) in [7, 11) is 1.34. The Bertz CT molecular complexity index is 893. The van der Waals surface area contributed by atoms with Crippen LogP contribution in [0.1, 0.15) is 33.3 Å². The second kappa shape index (κ2) is 8.62. The summed E-state index contributed by atoms with van der Waals surface area (Å²) in [6, 6.07) is 5.78. The van der Waals surface area contributed by atoms with E-state index in [1.807, 2.05) is 43.9 Å². The summed E-state index contributed by atoms with van der Waals surface area (Å²) in [4.78, 5) is 27.7. The van der Waals surface area contributed by atoms with Gasteiger partial charge in [-0.3, -0.25) is 9.69 Å². The number of hydrogen-bond acceptors (Lipinski definition) is 7. The van der Waals surface area contributed by atoms with E-state index in [1.54, 1.807) is 0 Å². The Labute approximate surface area is 168 Å². The number of benzene rings is 1. The molecule has 0 aliphatic carbocycles. The molecule has 0 unspecified atom stereocenters. The monoisotopic (exact) mass is 404 g/mol. The molecule has 2 heterocycles. The van der Waals surface area contributed by atoms with Crippen LogP contribution < -0.4 is 14.8 Å². The summed E-state index contributed by atoms with van der Waals surface area (Å²) < 4.78 is 15.6. The third kappa shape index (κ3) is 4.28. The molecule has 150 valence electrons. The van der Waals surface area contributed by atoms with Crippen LogP contribution in [-0.2, 0) is 16.1 Å². The summed E-state index contributed by atoms with van der Waals surface area (Å²) in [6.45, 7) is 7.52. The highest BCUT2D eigenvalue weighted by Gasteiger charge is 2.22. The van der Waals surface area contributed by atoms with Crippen molar-refractivity contribution in [3.8, 4) is 11.5 Å². The molecule has 1 aromatic heterocycles. The minimum atomic E-state index is -0.440. The van der Waals surface area contributed by atoms with E-state index in [-0.39, 0.29) is 19.2 Å². The number of fused-ring (bicyclic) bond motifs is 1. The molecule has 0 bridgehead atoms. The molecule has 0 atom stereocenters. The number of amides is 1. The van der Waals surface area contributed by atoms with Crippen molar-refractivity contribution in [2.24, 2.45) is 0 Å². The van der Waals surface area contributed by atoms with Crippen LogP contribution in [0.25, 0.3) is 0 Å². The molecule has 1 aliphatic rings. The van der Waals surface area contributed by atoms with Gasteiger partial charge in [0.05, 0.1) is 19.2 Å². The number of ether oxygens (including phenoxy) is 3. The van der Waals surface area contributed by atoms with Crippen molar-refractivity contribution in [3.63, 3.8) is 0 Å². The molecule has 1 N–H and O–H groups in total. The van der Waals surface area contributed by atoms with Gasteiger partial charge in [-0.1, -0.05) is 13.0 Å². The number of esters is 1. The lowest BCUT2D eigenvalue weighted by molar-refractivity contribution is -0.117. The predicted octanol–water partition coefficient (Wildman–Crippen LogP) is 3.34. The molecule has 0 radical (unpaired) electrons. The molecule has 0 spiro atoms. The van der Waals surface area contributed by atoms with E-state index in [0.29, 0.717) is 23.7 Å². The first-order chi connectivity index (χ1) is 13.4. The normalized spacial score (nSPS) is 12.3. The molecule has 0 saturated heterocycles. The number of hydrogen-bond donors (Lipinski definition) is 1. The van der Waals surface area contributed by atoms with Gasteiger partial charge in [0.15, 0.2) is 11.5 Å². The van der Waals surface area contributed by atoms with Gasteiger partial charge in [-0.25, -0.2) is 4.79 Å². The first-order valence-corrected chi connectivity index (χ1v) is 9.83. The highest BCUT2D eigenvalue weighted by molar-refractivity contribution is 7.16. The van der Waals surface area contributed by atoms with Crippen molar-refractivity contribution in [2.45, 2.75) is 27.3 Å². The van der Waals surface area contributed by atoms with Gasteiger partial charge in [0.1, 0.15) is 5.00 Å². The number of aryl methyl sites for hydroxylation is 1. The third-order valence-electron chi connectivity index (χ3n) is 4.69. The van der Waals surface area contributed by atoms with E-state index >= 15 is 0 Å². The molecule has 1 aromatic carbocycles. The van der Waals surface area contributed by atoms with Gasteiger partial charge in [-0.15, -0.1) is 11.3 Å². The maximum atomic E-state index is 12.6. The zero-order chi connectivity index (χ0) is 20.3. The fraction of sp³-hybridized carbons (Fsp3) is 0.400. The Morgan fingerprint density at radius 1 is 1.25 bits per heavy atom. The Kier molecular flexibility index (Phi) is 6.21. The number of nitrogens with one attached hydrogen (secondary N) is 1. The maximum absolute atomic E-state index is 12.6. The number of anilines is 1. The first kappa shape index (κ1) is 20.2. The van der Waals surface area contributed by atoms with Crippen molar-refractivity contribution in [2.75, 3.05) is 32.3 Å². The molecule has 2 aromatic rings. The van der Waals surface area contributed by atoms with Crippen LogP contribution in [0.2, 0.25) is 0 Å². The fourth-order valence-corrected chi connectivity index (χ4v) is 4.07. The molecular formula is C20H24N2O5S. The third-order valence-corrected chi connectivity index (χ3v) is 5.81. The highest BCUT2D eigenvalue weighted by atomic mass is 32.1. The van der Waals surface area contributed by atoms with E-state index in [2.05, 4.69) is 5.32 Å². The first-order valence-electron chi connectivity index (χ1n) is 9.02. The zero-order valence-electron chi connectivity index (χ0n) is 16.5. The zero-order valence-corrected chi connectivity index (χ0v) is 17.3. The molecule has 8 heteroatoms. The van der Waals surface area contributed by atoms with Gasteiger partial charge in [0, 0.05) is 11.4 Å². The van der Waals surface area contributed by atoms with Crippen LogP contribution in [0.15, 0.2) is 18.2 Å². The summed E-state index contributed by atoms with van der Waals surface area (Å²) in [6.07, 6.45) is 0. The smallest absolute Gasteiger partial charge is 0.341 e. The molecule has 28 heavy (non-hydrogen) atoms. The van der Waals surface area contributed by atoms with Crippen molar-refractivity contribution in [3.05, 3.63) is 39.8 Å². The number of carbonyl (C=O) groups is 2. The Hall–Kier alpha value is -2.58. The Balaban J connectivity index is 1.66. The topological polar surface area (TPSA) is 77.1 Å². The van der Waals surface area contributed by atoms with Crippen molar-refractivity contribution < 1.29 is 23.8 Å². The lowest BCUT2D eigenvalue weighted by Gasteiger charge is -2.20. The minimum absolute atomic E-state index is 0.172. The summed E-state index contributed by atoms with van der Waals surface area (Å²) >= 11 is 1.38. The fourth-order valence-electron chi connectivity index (χ4n) is 3.01. The number of likely N-dealkylation sites (N-methyl/N-ethyl adjacent to an activating group) is 1. The Morgan fingerprint density at radius 2 is 2.00 bits per heavy atom. The summed E-state index contributed by atoms with van der Waals surface area (Å²) in [5.74, 6) is 0.854. The van der Waals surface area contributed by atoms with Crippen LogP contribution in [-0.4, -0.2) is 43.8 Å². The van der Waals surface area contributed by atoms with Crippen molar-refractivity contribution in [1.29, 1.82) is 0 Å². The van der Waals surface area contributed by atoms with Crippen LogP contribution in [0.5, 0.6) is 11.5 Å². The molecular weight excluding hydrogens is 380 g/mol. The van der Waals surface area contributed by atoms with Gasteiger partial charge >= 0.3 is 5.97 Å². The number of nitrogens with zero attached hydrogens (tertiary/aromatic N) is 1. The van der Waals surface area contributed by atoms with Gasteiger partial charge < -0.3 is 19.5 Å². The standard InChI is InChI=1S/C20H24N2O5S/c1-5-22(9-14-6-7-15-16(8-14)27-11-26-15)10-17(23)21-19-18(20(24)25-4)12(2)13(3)28-19/h6-8H,5,9-11H2,1-4H3,(H,21,23). The largest absolute Gasteiger partial charge is 0.465 e. The SMILES string of the molecule is CCN(CC(=O)Nc1sc(C)c(C)c1C(=O)OC)Cc1ccc2c(c1)OCO2. The average molecular weight is 404 g/mol. The number of thiophene rings is 1. The van der Waals surface area contributed by atoms with Gasteiger partial charge in [0.2, 0.25) is 12.7 Å². The van der Waals surface area contributed by atoms with Gasteiger partial charge in [-0.05, 0) is 43.7 Å². The van der Waals surface area contributed by atoms with Crippen LogP contribution in [0.4, 0.5) is 5.00 Å². The lowest BCUT2D eigenvalue weighted by atomic mass is 10.1.